The number of hydrogen-bond acceptors (Lipinski definition) is 3. The van der Waals surface area contributed by atoms with Crippen LogP contribution in [0.1, 0.15) is 12.0 Å². The highest BCUT2D eigenvalue weighted by Gasteiger charge is 2.02. The highest BCUT2D eigenvalue weighted by Crippen LogP contribution is 2.08. The van der Waals surface area contributed by atoms with E-state index in [0.29, 0.717) is 5.75 Å². The van der Waals surface area contributed by atoms with Gasteiger partial charge in [-0.3, -0.25) is 4.21 Å². The van der Waals surface area contributed by atoms with Crippen molar-refractivity contribution in [1.29, 1.82) is 0 Å². The maximum Gasteiger partial charge on any atom is 0.0587 e. The number of nitrogens with one attached hydrogen (secondary N) is 1. The fourth-order valence-corrected chi connectivity index (χ4v) is 2.52. The van der Waals surface area contributed by atoms with Crippen molar-refractivity contribution in [3.63, 3.8) is 0 Å². The van der Waals surface area contributed by atoms with Gasteiger partial charge >= 0.3 is 0 Å². The fraction of sp³-hybridized carbons (Fsp3) is 0.538. The molecule has 0 amide bonds. The first-order valence-corrected chi connectivity index (χ1v) is 7.20. The van der Waals surface area contributed by atoms with Gasteiger partial charge in [0.05, 0.1) is 17.4 Å². The highest BCUT2D eigenvalue weighted by molar-refractivity contribution is 7.85. The first kappa shape index (κ1) is 14.4. The van der Waals surface area contributed by atoms with Crippen molar-refractivity contribution in [3.8, 4) is 0 Å². The molecule has 0 aliphatic heterocycles. The summed E-state index contributed by atoms with van der Waals surface area (Å²) in [5.74, 6) is 0.711. The molecule has 0 radical (unpaired) electrons. The predicted octanol–water partition coefficient (Wildman–Crippen LogP) is 1.73. The summed E-state index contributed by atoms with van der Waals surface area (Å²) < 4.78 is 16.8. The molecule has 0 aliphatic rings. The zero-order valence-electron chi connectivity index (χ0n) is 10.6. The lowest BCUT2D eigenvalue weighted by atomic mass is 10.2. The molecule has 1 rings (SSSR count). The Kier molecular flexibility index (Phi) is 7.08. The van der Waals surface area contributed by atoms with Gasteiger partial charge in [-0.1, -0.05) is 17.7 Å². The normalized spacial score (nSPS) is 12.6. The van der Waals surface area contributed by atoms with Gasteiger partial charge in [0.1, 0.15) is 0 Å². The Bertz CT molecular complexity index is 338. The van der Waals surface area contributed by atoms with Crippen LogP contribution >= 0.6 is 0 Å². The molecule has 3 nitrogen and oxygen atoms in total. The lowest BCUT2D eigenvalue weighted by Crippen LogP contribution is -2.21. The van der Waals surface area contributed by atoms with Crippen LogP contribution in [0.5, 0.6) is 0 Å². The quantitative estimate of drug-likeness (QED) is 0.719. The van der Waals surface area contributed by atoms with Crippen LogP contribution in [0.3, 0.4) is 0 Å². The largest absolute Gasteiger partial charge is 0.383 e. The molecule has 1 atom stereocenters. The van der Waals surface area contributed by atoms with Crippen molar-refractivity contribution in [3.05, 3.63) is 29.8 Å². The van der Waals surface area contributed by atoms with E-state index in [0.717, 1.165) is 31.0 Å². The number of rotatable bonds is 8. The smallest absolute Gasteiger partial charge is 0.0587 e. The van der Waals surface area contributed by atoms with Gasteiger partial charge in [0.25, 0.3) is 0 Å². The van der Waals surface area contributed by atoms with Crippen molar-refractivity contribution < 1.29 is 8.95 Å². The molecule has 1 unspecified atom stereocenters. The maximum atomic E-state index is 11.9. The van der Waals surface area contributed by atoms with Crippen LogP contribution in [-0.2, 0) is 15.5 Å². The Morgan fingerprint density at radius 2 is 1.94 bits per heavy atom. The summed E-state index contributed by atoms with van der Waals surface area (Å²) in [6, 6.07) is 7.90. The SMILES string of the molecule is COCCNCCCS(=O)c1ccc(C)cc1. The van der Waals surface area contributed by atoms with Crippen molar-refractivity contribution in [1.82, 2.24) is 5.32 Å². The lowest BCUT2D eigenvalue weighted by Gasteiger charge is -2.04. The van der Waals surface area contributed by atoms with Crippen LogP contribution in [-0.4, -0.2) is 36.8 Å². The molecule has 4 heteroatoms. The van der Waals surface area contributed by atoms with E-state index in [1.807, 2.05) is 31.2 Å². The number of aryl methyl sites for hydroxylation is 1. The Morgan fingerprint density at radius 1 is 1.24 bits per heavy atom. The third-order valence-corrected chi connectivity index (χ3v) is 3.91. The summed E-state index contributed by atoms with van der Waals surface area (Å²) >= 11 is 0. The van der Waals surface area contributed by atoms with Gasteiger partial charge in [0, 0.05) is 24.3 Å². The van der Waals surface area contributed by atoms with E-state index >= 15 is 0 Å². The average Bonchev–Trinajstić information content (AvgIpc) is 2.34. The molecular weight excluding hydrogens is 234 g/mol. The third kappa shape index (κ3) is 5.96. The van der Waals surface area contributed by atoms with Gasteiger partial charge in [0.2, 0.25) is 0 Å². The summed E-state index contributed by atoms with van der Waals surface area (Å²) in [7, 11) is 0.818. The topological polar surface area (TPSA) is 38.3 Å². The average molecular weight is 255 g/mol. The number of benzene rings is 1. The van der Waals surface area contributed by atoms with Gasteiger partial charge in [-0.15, -0.1) is 0 Å². The van der Waals surface area contributed by atoms with E-state index < -0.39 is 10.8 Å². The molecule has 1 aromatic carbocycles. The van der Waals surface area contributed by atoms with E-state index in [9.17, 15) is 4.21 Å². The Balaban J connectivity index is 2.19. The minimum Gasteiger partial charge on any atom is -0.383 e. The summed E-state index contributed by atoms with van der Waals surface area (Å²) in [4.78, 5) is 0.924. The van der Waals surface area contributed by atoms with Gasteiger partial charge in [0.15, 0.2) is 0 Å². The monoisotopic (exact) mass is 255 g/mol. The van der Waals surface area contributed by atoms with Crippen LogP contribution in [0.25, 0.3) is 0 Å². The summed E-state index contributed by atoms with van der Waals surface area (Å²) in [6.45, 7) is 4.50. The van der Waals surface area contributed by atoms with Crippen LogP contribution in [0.4, 0.5) is 0 Å². The van der Waals surface area contributed by atoms with E-state index in [1.54, 1.807) is 7.11 Å². The van der Waals surface area contributed by atoms with E-state index in [2.05, 4.69) is 5.32 Å². The van der Waals surface area contributed by atoms with E-state index in [4.69, 9.17) is 4.74 Å². The van der Waals surface area contributed by atoms with Crippen LogP contribution in [0.2, 0.25) is 0 Å². The number of ether oxygens (including phenoxy) is 1. The minimum absolute atomic E-state index is 0.711. The van der Waals surface area contributed by atoms with Crippen LogP contribution in [0, 0.1) is 6.92 Å². The molecule has 0 saturated carbocycles. The van der Waals surface area contributed by atoms with Crippen molar-refractivity contribution in [2.75, 3.05) is 32.6 Å². The van der Waals surface area contributed by atoms with Gasteiger partial charge < -0.3 is 10.1 Å². The third-order valence-electron chi connectivity index (χ3n) is 2.45. The zero-order valence-corrected chi connectivity index (χ0v) is 11.4. The fourth-order valence-electron chi connectivity index (χ4n) is 1.44. The minimum atomic E-state index is -0.870. The highest BCUT2D eigenvalue weighted by atomic mass is 32.2. The van der Waals surface area contributed by atoms with Gasteiger partial charge in [-0.25, -0.2) is 0 Å². The molecule has 0 spiro atoms. The lowest BCUT2D eigenvalue weighted by molar-refractivity contribution is 0.199. The second-order valence-corrected chi connectivity index (χ2v) is 5.53. The molecule has 0 bridgehead atoms. The Morgan fingerprint density at radius 3 is 2.59 bits per heavy atom. The molecular formula is C13H21NO2S. The van der Waals surface area contributed by atoms with Crippen molar-refractivity contribution in [2.24, 2.45) is 0 Å². The van der Waals surface area contributed by atoms with Gasteiger partial charge in [-0.05, 0) is 32.0 Å². The molecule has 1 aromatic rings. The van der Waals surface area contributed by atoms with Crippen LogP contribution in [0.15, 0.2) is 29.2 Å². The van der Waals surface area contributed by atoms with Gasteiger partial charge in [-0.2, -0.15) is 0 Å². The summed E-state index contributed by atoms with van der Waals surface area (Å²) in [5.41, 5.74) is 1.20. The number of hydrogen-bond donors (Lipinski definition) is 1. The molecule has 0 fully saturated rings. The molecule has 0 aromatic heterocycles. The van der Waals surface area contributed by atoms with Crippen molar-refractivity contribution >= 4 is 10.8 Å². The molecule has 0 saturated heterocycles. The Hall–Kier alpha value is -0.710. The summed E-state index contributed by atoms with van der Waals surface area (Å²) in [6.07, 6.45) is 0.921. The molecule has 0 aliphatic carbocycles. The molecule has 1 N–H and O–H groups in total. The predicted molar refractivity (Wildman–Crippen MR) is 71.8 cm³/mol. The number of methoxy groups -OCH3 is 1. The molecule has 17 heavy (non-hydrogen) atoms. The second kappa shape index (κ2) is 8.39. The first-order chi connectivity index (χ1) is 8.24. The molecule has 96 valence electrons. The molecule has 0 heterocycles. The standard InChI is InChI=1S/C13H21NO2S/c1-12-4-6-13(7-5-12)17(15)11-3-8-14-9-10-16-2/h4-7,14H,3,8-11H2,1-2H3. The second-order valence-electron chi connectivity index (χ2n) is 3.96. The van der Waals surface area contributed by atoms with Crippen molar-refractivity contribution in [2.45, 2.75) is 18.2 Å². The van der Waals surface area contributed by atoms with Crippen LogP contribution < -0.4 is 5.32 Å². The Labute approximate surface area is 106 Å². The first-order valence-electron chi connectivity index (χ1n) is 5.88. The van der Waals surface area contributed by atoms with E-state index in [1.165, 1.54) is 5.56 Å². The maximum absolute atomic E-state index is 11.9. The summed E-state index contributed by atoms with van der Waals surface area (Å²) in [5, 5.41) is 3.24. The van der Waals surface area contributed by atoms with E-state index in [-0.39, 0.29) is 0 Å². The zero-order chi connectivity index (χ0) is 12.5.